The van der Waals surface area contributed by atoms with Gasteiger partial charge in [-0.25, -0.2) is 0 Å². The Morgan fingerprint density at radius 1 is 0.864 bits per heavy atom. The fourth-order valence-corrected chi connectivity index (χ4v) is 2.78. The lowest BCUT2D eigenvalue weighted by Gasteiger charge is -2.45. The second-order valence-electron chi connectivity index (χ2n) is 5.84. The molecule has 0 aromatic carbocycles. The third kappa shape index (κ3) is 3.26. The molecule has 10 heteroatoms. The van der Waals surface area contributed by atoms with E-state index in [1.807, 2.05) is 0 Å². The summed E-state index contributed by atoms with van der Waals surface area (Å²) in [6.07, 6.45) is -10.9. The van der Waals surface area contributed by atoms with Crippen LogP contribution in [0.5, 0.6) is 0 Å². The maximum Gasteiger partial charge on any atom is 0.187 e. The summed E-state index contributed by atoms with van der Waals surface area (Å²) in [6, 6.07) is -1.46. The molecule has 0 aromatic heterocycles. The minimum absolute atomic E-state index is 0.191. The lowest BCUT2D eigenvalue weighted by Crippen LogP contribution is -2.65. The largest absolute Gasteiger partial charge is 0.394 e. The lowest BCUT2D eigenvalue weighted by molar-refractivity contribution is -0.327. The van der Waals surface area contributed by atoms with E-state index in [0.717, 1.165) is 0 Å². The first-order chi connectivity index (χ1) is 10.3. The SMILES string of the molecule is N[C@@H]1C[C@H](N)[C@@H](O)C(O[C@@H]2O[C@H](CO)[C@H](O)[C@H](O)[C@@H]2O)[C@H]1O. The van der Waals surface area contributed by atoms with Gasteiger partial charge in [0.25, 0.3) is 0 Å². The number of nitrogens with two attached hydrogens (primary N) is 2. The molecule has 1 heterocycles. The molecule has 0 spiro atoms. The Bertz CT molecular complexity index is 359. The summed E-state index contributed by atoms with van der Waals surface area (Å²) in [4.78, 5) is 0. The number of aliphatic hydroxyl groups excluding tert-OH is 6. The zero-order chi connectivity index (χ0) is 16.6. The second-order valence-corrected chi connectivity index (χ2v) is 5.84. The maximum absolute atomic E-state index is 10.0. The Hall–Kier alpha value is -0.400. The first kappa shape index (κ1) is 17.9. The van der Waals surface area contributed by atoms with Crippen LogP contribution in [0, 0.1) is 0 Å². The average Bonchev–Trinajstić information content (AvgIpc) is 2.49. The minimum Gasteiger partial charge on any atom is -0.394 e. The van der Waals surface area contributed by atoms with Crippen molar-refractivity contribution in [3.63, 3.8) is 0 Å². The monoisotopic (exact) mass is 324 g/mol. The highest BCUT2D eigenvalue weighted by Gasteiger charge is 2.48. The summed E-state index contributed by atoms with van der Waals surface area (Å²) < 4.78 is 10.5. The van der Waals surface area contributed by atoms with Crippen molar-refractivity contribution < 1.29 is 40.1 Å². The normalized spacial score (nSPS) is 53.5. The standard InChI is InChI=1S/C12H24N2O8/c13-3-1-4(14)7(17)11(6(3)16)22-12-10(20)9(19)8(18)5(2-15)21-12/h3-12,15-20H,1-2,13-14H2/t3-,4+,5-,6+,7-,8+,9+,10+,11?,12+/m1/s1. The fourth-order valence-electron chi connectivity index (χ4n) is 2.78. The molecule has 2 aliphatic rings. The van der Waals surface area contributed by atoms with E-state index < -0.39 is 67.7 Å². The Balaban J connectivity index is 2.10. The van der Waals surface area contributed by atoms with E-state index in [9.17, 15) is 25.5 Å². The number of ether oxygens (including phenoxy) is 2. The van der Waals surface area contributed by atoms with Gasteiger partial charge in [0.2, 0.25) is 0 Å². The Morgan fingerprint density at radius 3 is 1.91 bits per heavy atom. The molecule has 1 saturated carbocycles. The van der Waals surface area contributed by atoms with Gasteiger partial charge in [-0.1, -0.05) is 0 Å². The smallest absolute Gasteiger partial charge is 0.187 e. The summed E-state index contributed by atoms with van der Waals surface area (Å²) >= 11 is 0. The van der Waals surface area contributed by atoms with Crippen molar-refractivity contribution in [2.45, 2.75) is 67.5 Å². The van der Waals surface area contributed by atoms with Gasteiger partial charge in [-0.2, -0.15) is 0 Å². The fraction of sp³-hybridized carbons (Fsp3) is 1.00. The minimum atomic E-state index is -1.63. The van der Waals surface area contributed by atoms with Crippen LogP contribution in [0.15, 0.2) is 0 Å². The zero-order valence-electron chi connectivity index (χ0n) is 11.8. The van der Waals surface area contributed by atoms with Gasteiger partial charge in [-0.3, -0.25) is 0 Å². The van der Waals surface area contributed by atoms with Crippen LogP contribution in [0.25, 0.3) is 0 Å². The molecule has 10 N–H and O–H groups in total. The third-order valence-corrected chi connectivity index (χ3v) is 4.23. The predicted molar refractivity (Wildman–Crippen MR) is 71.2 cm³/mol. The Labute approximate surface area is 126 Å². The first-order valence-corrected chi connectivity index (χ1v) is 7.11. The first-order valence-electron chi connectivity index (χ1n) is 7.11. The summed E-state index contributed by atoms with van der Waals surface area (Å²) in [7, 11) is 0. The van der Waals surface area contributed by atoms with Gasteiger partial charge in [-0.15, -0.1) is 0 Å². The van der Waals surface area contributed by atoms with Crippen molar-refractivity contribution in [2.24, 2.45) is 11.5 Å². The molecular formula is C12H24N2O8. The third-order valence-electron chi connectivity index (χ3n) is 4.23. The molecule has 22 heavy (non-hydrogen) atoms. The van der Waals surface area contributed by atoms with Crippen molar-refractivity contribution >= 4 is 0 Å². The summed E-state index contributed by atoms with van der Waals surface area (Å²) in [5, 5.41) is 58.4. The Morgan fingerprint density at radius 2 is 1.41 bits per heavy atom. The maximum atomic E-state index is 10.0. The molecule has 10 nitrogen and oxygen atoms in total. The van der Waals surface area contributed by atoms with Crippen LogP contribution in [0.1, 0.15) is 6.42 Å². The van der Waals surface area contributed by atoms with Gasteiger partial charge in [0.05, 0.1) is 18.8 Å². The molecule has 1 unspecified atom stereocenters. The van der Waals surface area contributed by atoms with E-state index >= 15 is 0 Å². The van der Waals surface area contributed by atoms with Crippen LogP contribution in [-0.2, 0) is 9.47 Å². The molecule has 130 valence electrons. The number of hydrogen-bond donors (Lipinski definition) is 8. The van der Waals surface area contributed by atoms with Crippen LogP contribution < -0.4 is 11.5 Å². The van der Waals surface area contributed by atoms with Crippen LogP contribution in [0.4, 0.5) is 0 Å². The predicted octanol–water partition coefficient (Wildman–Crippen LogP) is -5.05. The molecular weight excluding hydrogens is 300 g/mol. The quantitative estimate of drug-likeness (QED) is 0.249. The molecule has 2 fully saturated rings. The van der Waals surface area contributed by atoms with Gasteiger partial charge < -0.3 is 51.6 Å². The molecule has 0 aromatic rings. The average molecular weight is 324 g/mol. The van der Waals surface area contributed by atoms with Gasteiger partial charge in [0.15, 0.2) is 6.29 Å². The van der Waals surface area contributed by atoms with Crippen LogP contribution in [0.2, 0.25) is 0 Å². The Kier molecular flexibility index (Phi) is 5.72. The molecule has 10 atom stereocenters. The topological polar surface area (TPSA) is 192 Å². The van der Waals surface area contributed by atoms with Crippen LogP contribution in [0.3, 0.4) is 0 Å². The zero-order valence-corrected chi connectivity index (χ0v) is 11.8. The van der Waals surface area contributed by atoms with Gasteiger partial charge in [0, 0.05) is 12.1 Å². The van der Waals surface area contributed by atoms with E-state index in [2.05, 4.69) is 0 Å². The molecule has 0 amide bonds. The molecule has 0 bridgehead atoms. The lowest BCUT2D eigenvalue weighted by atomic mass is 9.84. The van der Waals surface area contributed by atoms with Crippen molar-refractivity contribution in [3.8, 4) is 0 Å². The highest BCUT2D eigenvalue weighted by atomic mass is 16.7. The van der Waals surface area contributed by atoms with Crippen molar-refractivity contribution in [3.05, 3.63) is 0 Å². The summed E-state index contributed by atoms with van der Waals surface area (Å²) in [5.41, 5.74) is 11.4. The van der Waals surface area contributed by atoms with Gasteiger partial charge in [0.1, 0.15) is 30.5 Å². The highest BCUT2D eigenvalue weighted by molar-refractivity contribution is 4.99. The highest BCUT2D eigenvalue weighted by Crippen LogP contribution is 2.27. The van der Waals surface area contributed by atoms with E-state index in [1.54, 1.807) is 0 Å². The van der Waals surface area contributed by atoms with Crippen LogP contribution in [-0.4, -0.2) is 98.3 Å². The molecule has 1 aliphatic carbocycles. The summed E-state index contributed by atoms with van der Waals surface area (Å²) in [6.45, 7) is -0.611. The van der Waals surface area contributed by atoms with Crippen molar-refractivity contribution in [1.29, 1.82) is 0 Å². The number of aliphatic hydroxyl groups is 6. The van der Waals surface area contributed by atoms with Crippen LogP contribution >= 0.6 is 0 Å². The molecule has 1 aliphatic heterocycles. The summed E-state index contributed by atoms with van der Waals surface area (Å²) in [5.74, 6) is 0. The number of hydrogen-bond acceptors (Lipinski definition) is 10. The molecule has 1 saturated heterocycles. The second kappa shape index (κ2) is 7.01. The van der Waals surface area contributed by atoms with E-state index in [4.69, 9.17) is 26.0 Å². The van der Waals surface area contributed by atoms with Gasteiger partial charge in [-0.05, 0) is 6.42 Å². The van der Waals surface area contributed by atoms with E-state index in [1.165, 1.54) is 0 Å². The van der Waals surface area contributed by atoms with E-state index in [0.29, 0.717) is 0 Å². The van der Waals surface area contributed by atoms with E-state index in [-0.39, 0.29) is 6.42 Å². The van der Waals surface area contributed by atoms with Crippen molar-refractivity contribution in [2.75, 3.05) is 6.61 Å². The van der Waals surface area contributed by atoms with Crippen molar-refractivity contribution in [1.82, 2.24) is 0 Å². The number of rotatable bonds is 3. The molecule has 2 rings (SSSR count). The molecule has 0 radical (unpaired) electrons. The van der Waals surface area contributed by atoms with Gasteiger partial charge >= 0.3 is 0 Å².